The first-order valence-corrected chi connectivity index (χ1v) is 12.1. The Morgan fingerprint density at radius 3 is 2.28 bits per heavy atom. The zero-order valence-electron chi connectivity index (χ0n) is 17.7. The number of halogens is 1. The molecule has 4 rings (SSSR count). The van der Waals surface area contributed by atoms with E-state index in [1.165, 1.54) is 16.4 Å². The summed E-state index contributed by atoms with van der Waals surface area (Å²) in [5.74, 6) is -0.664. The number of benzene rings is 2. The van der Waals surface area contributed by atoms with Gasteiger partial charge in [-0.3, -0.25) is 9.69 Å². The van der Waals surface area contributed by atoms with Crippen LogP contribution in [0.25, 0.3) is 0 Å². The highest BCUT2D eigenvalue weighted by Gasteiger charge is 2.41. The van der Waals surface area contributed by atoms with Crippen LogP contribution < -0.4 is 0 Å². The van der Waals surface area contributed by atoms with E-state index < -0.39 is 21.9 Å². The molecular formula is C23H25FN4O3S. The first kappa shape index (κ1) is 22.4. The van der Waals surface area contributed by atoms with E-state index in [0.717, 1.165) is 24.2 Å². The average Bonchev–Trinajstić information content (AvgIpc) is 3.31. The minimum atomic E-state index is -3.86. The number of piperazine rings is 1. The maximum atomic E-state index is 13.2. The molecule has 32 heavy (non-hydrogen) atoms. The monoisotopic (exact) mass is 456 g/mol. The van der Waals surface area contributed by atoms with Gasteiger partial charge in [-0.25, -0.2) is 12.8 Å². The SMILES string of the molecule is N#Cc1ccc(CN2CCN(C(=O)C3CCCN3S(=O)(=O)c3ccc(F)cc3)CC2)cc1. The Bertz CT molecular complexity index is 1110. The lowest BCUT2D eigenvalue weighted by Gasteiger charge is -2.37. The van der Waals surface area contributed by atoms with Crippen LogP contribution in [0.3, 0.4) is 0 Å². The van der Waals surface area contributed by atoms with E-state index in [-0.39, 0.29) is 17.3 Å². The topological polar surface area (TPSA) is 84.7 Å². The van der Waals surface area contributed by atoms with Gasteiger partial charge in [-0.1, -0.05) is 12.1 Å². The molecule has 0 N–H and O–H groups in total. The zero-order valence-corrected chi connectivity index (χ0v) is 18.5. The quantitative estimate of drug-likeness (QED) is 0.689. The van der Waals surface area contributed by atoms with Crippen molar-refractivity contribution >= 4 is 15.9 Å². The number of carbonyl (C=O) groups is 1. The van der Waals surface area contributed by atoms with Crippen molar-refractivity contribution in [1.82, 2.24) is 14.1 Å². The molecule has 0 spiro atoms. The Morgan fingerprint density at radius 1 is 1.00 bits per heavy atom. The van der Waals surface area contributed by atoms with Crippen molar-refractivity contribution in [3.8, 4) is 6.07 Å². The molecule has 0 aromatic heterocycles. The highest BCUT2D eigenvalue weighted by molar-refractivity contribution is 7.89. The summed E-state index contributed by atoms with van der Waals surface area (Å²) in [7, 11) is -3.86. The molecule has 0 saturated carbocycles. The van der Waals surface area contributed by atoms with Crippen LogP contribution >= 0.6 is 0 Å². The van der Waals surface area contributed by atoms with Crippen LogP contribution in [0, 0.1) is 17.1 Å². The minimum absolute atomic E-state index is 0.00540. The molecule has 9 heteroatoms. The highest BCUT2D eigenvalue weighted by Crippen LogP contribution is 2.28. The van der Waals surface area contributed by atoms with Crippen LogP contribution in [0.1, 0.15) is 24.0 Å². The number of amides is 1. The molecule has 2 saturated heterocycles. The number of nitrogens with zero attached hydrogens (tertiary/aromatic N) is 4. The van der Waals surface area contributed by atoms with Crippen molar-refractivity contribution in [1.29, 1.82) is 5.26 Å². The Kier molecular flexibility index (Phi) is 6.55. The second-order valence-corrected chi connectivity index (χ2v) is 10.0. The lowest BCUT2D eigenvalue weighted by molar-refractivity contribution is -0.136. The van der Waals surface area contributed by atoms with Gasteiger partial charge in [-0.15, -0.1) is 0 Å². The Balaban J connectivity index is 1.37. The second kappa shape index (κ2) is 9.36. The van der Waals surface area contributed by atoms with E-state index in [1.54, 1.807) is 17.0 Å². The highest BCUT2D eigenvalue weighted by atomic mass is 32.2. The van der Waals surface area contributed by atoms with Crippen LogP contribution in [0.2, 0.25) is 0 Å². The van der Waals surface area contributed by atoms with E-state index in [2.05, 4.69) is 11.0 Å². The molecule has 7 nitrogen and oxygen atoms in total. The second-order valence-electron chi connectivity index (χ2n) is 8.14. The van der Waals surface area contributed by atoms with Gasteiger partial charge in [0.15, 0.2) is 0 Å². The Hall–Kier alpha value is -2.80. The Labute approximate surface area is 187 Å². The van der Waals surface area contributed by atoms with Crippen molar-refractivity contribution in [2.45, 2.75) is 30.3 Å². The van der Waals surface area contributed by atoms with Gasteiger partial charge in [0.2, 0.25) is 15.9 Å². The van der Waals surface area contributed by atoms with Crippen molar-refractivity contribution < 1.29 is 17.6 Å². The summed E-state index contributed by atoms with van der Waals surface area (Å²) in [5.41, 5.74) is 1.73. The fraction of sp³-hybridized carbons (Fsp3) is 0.391. The van der Waals surface area contributed by atoms with Crippen LogP contribution in [0.4, 0.5) is 4.39 Å². The molecule has 2 fully saturated rings. The van der Waals surface area contributed by atoms with Gasteiger partial charge in [0.05, 0.1) is 16.5 Å². The van der Waals surface area contributed by atoms with Gasteiger partial charge in [-0.2, -0.15) is 9.57 Å². The fourth-order valence-corrected chi connectivity index (χ4v) is 5.95. The molecule has 1 amide bonds. The third kappa shape index (κ3) is 4.67. The first-order chi connectivity index (χ1) is 15.4. The summed E-state index contributed by atoms with van der Waals surface area (Å²) in [4.78, 5) is 17.2. The molecule has 1 unspecified atom stereocenters. The van der Waals surface area contributed by atoms with Gasteiger partial charge in [0, 0.05) is 39.3 Å². The van der Waals surface area contributed by atoms with E-state index in [4.69, 9.17) is 5.26 Å². The molecule has 2 aromatic carbocycles. The molecule has 1 atom stereocenters. The van der Waals surface area contributed by atoms with Crippen LogP contribution in [-0.2, 0) is 21.4 Å². The summed E-state index contributed by atoms with van der Waals surface area (Å²) in [6, 6.07) is 13.6. The lowest BCUT2D eigenvalue weighted by Crippen LogP contribution is -2.54. The normalized spacial score (nSPS) is 20.2. The molecule has 2 aliphatic rings. The molecule has 2 aromatic rings. The third-order valence-corrected chi connectivity index (χ3v) is 8.00. The predicted octanol–water partition coefficient (Wildman–Crippen LogP) is 2.19. The number of carbonyl (C=O) groups excluding carboxylic acids is 1. The van der Waals surface area contributed by atoms with Crippen molar-refractivity contribution in [3.05, 3.63) is 65.5 Å². The van der Waals surface area contributed by atoms with Gasteiger partial charge >= 0.3 is 0 Å². The van der Waals surface area contributed by atoms with Gasteiger partial charge in [0.1, 0.15) is 11.9 Å². The van der Waals surface area contributed by atoms with Gasteiger partial charge < -0.3 is 4.90 Å². The molecule has 0 aliphatic carbocycles. The number of sulfonamides is 1. The van der Waals surface area contributed by atoms with Crippen LogP contribution in [0.5, 0.6) is 0 Å². The third-order valence-electron chi connectivity index (χ3n) is 6.08. The summed E-state index contributed by atoms with van der Waals surface area (Å²) >= 11 is 0. The van der Waals surface area contributed by atoms with Crippen molar-refractivity contribution in [3.63, 3.8) is 0 Å². The van der Waals surface area contributed by atoms with Crippen LogP contribution in [-0.4, -0.2) is 67.2 Å². The Morgan fingerprint density at radius 2 is 1.66 bits per heavy atom. The molecule has 2 aliphatic heterocycles. The number of hydrogen-bond donors (Lipinski definition) is 0. The number of rotatable bonds is 5. The predicted molar refractivity (Wildman–Crippen MR) is 116 cm³/mol. The van der Waals surface area contributed by atoms with E-state index in [9.17, 15) is 17.6 Å². The van der Waals surface area contributed by atoms with Crippen molar-refractivity contribution in [2.75, 3.05) is 32.7 Å². The summed E-state index contributed by atoms with van der Waals surface area (Å²) in [5, 5.41) is 8.91. The number of hydrogen-bond acceptors (Lipinski definition) is 5. The number of nitriles is 1. The zero-order chi connectivity index (χ0) is 22.7. The van der Waals surface area contributed by atoms with E-state index >= 15 is 0 Å². The maximum Gasteiger partial charge on any atom is 0.243 e. The van der Waals surface area contributed by atoms with E-state index in [1.807, 2.05) is 12.1 Å². The summed E-state index contributed by atoms with van der Waals surface area (Å²) in [6.45, 7) is 3.50. The smallest absolute Gasteiger partial charge is 0.243 e. The molecular weight excluding hydrogens is 431 g/mol. The summed E-state index contributed by atoms with van der Waals surface area (Å²) < 4.78 is 40.6. The standard InChI is InChI=1S/C23H25FN4O3S/c24-20-7-9-21(10-8-20)32(30,31)28-11-1-2-22(28)23(29)27-14-12-26(13-15-27)17-19-5-3-18(16-25)4-6-19/h3-10,22H,1-2,11-15,17H2. The van der Waals surface area contributed by atoms with Crippen LogP contribution in [0.15, 0.2) is 53.4 Å². The van der Waals surface area contributed by atoms with Gasteiger partial charge in [-0.05, 0) is 54.8 Å². The largest absolute Gasteiger partial charge is 0.339 e. The van der Waals surface area contributed by atoms with Crippen molar-refractivity contribution in [2.24, 2.45) is 0 Å². The van der Waals surface area contributed by atoms with E-state index in [0.29, 0.717) is 44.6 Å². The minimum Gasteiger partial charge on any atom is -0.339 e. The lowest BCUT2D eigenvalue weighted by atomic mass is 10.1. The molecule has 0 radical (unpaired) electrons. The molecule has 168 valence electrons. The first-order valence-electron chi connectivity index (χ1n) is 10.7. The summed E-state index contributed by atoms with van der Waals surface area (Å²) in [6.07, 6.45) is 1.11. The maximum absolute atomic E-state index is 13.2. The average molecular weight is 457 g/mol. The fourth-order valence-electron chi connectivity index (χ4n) is 4.30. The molecule has 0 bridgehead atoms. The van der Waals surface area contributed by atoms with Gasteiger partial charge in [0.25, 0.3) is 0 Å². The molecule has 2 heterocycles.